The van der Waals surface area contributed by atoms with Gasteiger partial charge in [0.1, 0.15) is 12.1 Å². The van der Waals surface area contributed by atoms with E-state index in [0.717, 1.165) is 42.3 Å². The summed E-state index contributed by atoms with van der Waals surface area (Å²) in [6.07, 6.45) is 13.4. The van der Waals surface area contributed by atoms with Crippen molar-refractivity contribution in [3.05, 3.63) is 34.4 Å². The average molecular weight is 497 g/mol. The summed E-state index contributed by atoms with van der Waals surface area (Å²) in [5.41, 5.74) is 5.89. The van der Waals surface area contributed by atoms with Crippen LogP contribution in [0.3, 0.4) is 0 Å². The average Bonchev–Trinajstić information content (AvgIpc) is 2.99. The lowest BCUT2D eigenvalue weighted by Gasteiger charge is -2.30. The van der Waals surface area contributed by atoms with Crippen molar-refractivity contribution < 1.29 is 14.4 Å². The van der Waals surface area contributed by atoms with Gasteiger partial charge in [-0.05, 0) is 56.7 Å². The van der Waals surface area contributed by atoms with E-state index in [1.807, 2.05) is 32.9 Å². The summed E-state index contributed by atoms with van der Waals surface area (Å²) in [4.78, 5) is 38.1. The molecule has 2 saturated heterocycles. The molecule has 174 valence electrons. The zero-order chi connectivity index (χ0) is 23.2. The molecule has 2 aliphatic heterocycles. The lowest BCUT2D eigenvalue weighted by Crippen LogP contribution is -2.53. The van der Waals surface area contributed by atoms with E-state index in [9.17, 15) is 14.4 Å². The number of carbonyl (C=O) groups excluding carboxylic acids is 3. The third kappa shape index (κ3) is 8.26. The topological polar surface area (TPSA) is 105 Å². The van der Waals surface area contributed by atoms with E-state index in [4.69, 9.17) is 5.73 Å². The Kier molecular flexibility index (Phi) is 13.1. The molecule has 0 aromatic rings. The second kappa shape index (κ2) is 15.0. The van der Waals surface area contributed by atoms with Crippen LogP contribution in [0.1, 0.15) is 59.3 Å². The van der Waals surface area contributed by atoms with Gasteiger partial charge in [0, 0.05) is 17.1 Å². The van der Waals surface area contributed by atoms with E-state index < -0.39 is 12.1 Å². The predicted molar refractivity (Wildman–Crippen MR) is 128 cm³/mol. The van der Waals surface area contributed by atoms with Crippen LogP contribution in [0.15, 0.2) is 34.4 Å². The summed E-state index contributed by atoms with van der Waals surface area (Å²) in [5, 5.41) is 5.59. The maximum Gasteiger partial charge on any atom is 0.246 e. The lowest BCUT2D eigenvalue weighted by molar-refractivity contribution is -0.141. The van der Waals surface area contributed by atoms with Gasteiger partial charge in [-0.25, -0.2) is 0 Å². The maximum atomic E-state index is 12.8. The molecular weight excluding hydrogens is 460 g/mol. The third-order valence-electron chi connectivity index (χ3n) is 5.27. The molecule has 2 unspecified atom stereocenters. The second-order valence-electron chi connectivity index (χ2n) is 7.32. The molecule has 0 saturated carbocycles. The van der Waals surface area contributed by atoms with E-state index in [-0.39, 0.29) is 17.9 Å². The number of hydrogen-bond acceptors (Lipinski definition) is 4. The van der Waals surface area contributed by atoms with Gasteiger partial charge in [-0.3, -0.25) is 14.4 Å². The first kappa shape index (κ1) is 27.1. The van der Waals surface area contributed by atoms with Crippen LogP contribution in [0.2, 0.25) is 0 Å². The predicted octanol–water partition coefficient (Wildman–Crippen LogP) is 2.92. The van der Waals surface area contributed by atoms with Gasteiger partial charge in [0.25, 0.3) is 0 Å². The molecule has 0 aromatic heterocycles. The van der Waals surface area contributed by atoms with Crippen LogP contribution >= 0.6 is 15.9 Å². The third-order valence-corrected chi connectivity index (χ3v) is 5.86. The summed E-state index contributed by atoms with van der Waals surface area (Å²) in [6.45, 7) is 7.10. The molecule has 1 aliphatic carbocycles. The highest BCUT2D eigenvalue weighted by atomic mass is 79.9. The number of amides is 3. The van der Waals surface area contributed by atoms with Gasteiger partial charge < -0.3 is 21.3 Å². The van der Waals surface area contributed by atoms with Gasteiger partial charge in [0.15, 0.2) is 0 Å². The van der Waals surface area contributed by atoms with Crippen molar-refractivity contribution in [3.63, 3.8) is 0 Å². The van der Waals surface area contributed by atoms with Crippen molar-refractivity contribution in [2.45, 2.75) is 77.4 Å². The standard InChI is InChI=1S/C19H24BrN3O3.C2H7N.C2H6/c20-14-4-1-3-13(7-8-14)11-21-18(25)17-10-9-15-5-2-6-16(22-12-24)19(26)23(15)17;1-2-3;1-2/h3-4,7-8,12,15-17H,1-2,5-6,9-11H2,(H,21,25)(H,22,24);2-3H2,1H3;1-2H3/t15?,16-,17?;;/m0../s1. The van der Waals surface area contributed by atoms with E-state index in [1.165, 1.54) is 0 Å². The Morgan fingerprint density at radius 2 is 1.94 bits per heavy atom. The summed E-state index contributed by atoms with van der Waals surface area (Å²) in [6, 6.07) is -0.850. The van der Waals surface area contributed by atoms with Crippen molar-refractivity contribution >= 4 is 34.2 Å². The first-order valence-electron chi connectivity index (χ1n) is 11.2. The molecule has 2 heterocycles. The smallest absolute Gasteiger partial charge is 0.246 e. The number of hydrogen-bond donors (Lipinski definition) is 3. The number of carbonyl (C=O) groups is 3. The fraction of sp³-hybridized carbons (Fsp3) is 0.609. The van der Waals surface area contributed by atoms with Crippen LogP contribution in [0.25, 0.3) is 0 Å². The fourth-order valence-electron chi connectivity index (χ4n) is 3.94. The molecule has 3 rings (SSSR count). The summed E-state index contributed by atoms with van der Waals surface area (Å²) >= 11 is 3.45. The molecular formula is C23H37BrN4O3. The van der Waals surface area contributed by atoms with Crippen molar-refractivity contribution in [2.24, 2.45) is 5.73 Å². The Morgan fingerprint density at radius 1 is 1.23 bits per heavy atom. The van der Waals surface area contributed by atoms with E-state index in [2.05, 4.69) is 38.7 Å². The minimum absolute atomic E-state index is 0.105. The summed E-state index contributed by atoms with van der Waals surface area (Å²) in [5.74, 6) is -0.239. The van der Waals surface area contributed by atoms with Crippen LogP contribution in [0, 0.1) is 0 Å². The monoisotopic (exact) mass is 496 g/mol. The van der Waals surface area contributed by atoms with Gasteiger partial charge >= 0.3 is 0 Å². The highest BCUT2D eigenvalue weighted by Crippen LogP contribution is 2.31. The highest BCUT2D eigenvalue weighted by molar-refractivity contribution is 9.11. The minimum atomic E-state index is -0.512. The molecule has 3 atom stereocenters. The number of halogens is 1. The Bertz CT molecular complexity index is 690. The van der Waals surface area contributed by atoms with Gasteiger partial charge in [-0.1, -0.05) is 54.9 Å². The number of allylic oxidation sites excluding steroid dienone is 4. The molecule has 0 aromatic carbocycles. The number of fused-ring (bicyclic) bond motifs is 1. The minimum Gasteiger partial charge on any atom is -0.350 e. The highest BCUT2D eigenvalue weighted by Gasteiger charge is 2.44. The molecule has 0 spiro atoms. The van der Waals surface area contributed by atoms with Gasteiger partial charge in [-0.2, -0.15) is 0 Å². The summed E-state index contributed by atoms with van der Waals surface area (Å²) in [7, 11) is 0. The first-order valence-corrected chi connectivity index (χ1v) is 12.0. The van der Waals surface area contributed by atoms with E-state index in [0.29, 0.717) is 25.8 Å². The van der Waals surface area contributed by atoms with Gasteiger partial charge in [-0.15, -0.1) is 0 Å². The van der Waals surface area contributed by atoms with Gasteiger partial charge in [0.05, 0.1) is 0 Å². The molecule has 3 amide bonds. The van der Waals surface area contributed by atoms with Crippen LogP contribution in [-0.4, -0.2) is 54.3 Å². The molecule has 0 bridgehead atoms. The quantitative estimate of drug-likeness (QED) is 0.508. The molecule has 4 N–H and O–H groups in total. The number of rotatable bonds is 5. The number of nitrogens with two attached hydrogens (primary N) is 1. The fourth-order valence-corrected chi connectivity index (χ4v) is 4.26. The molecule has 0 radical (unpaired) electrons. The summed E-state index contributed by atoms with van der Waals surface area (Å²) < 4.78 is 1.03. The lowest BCUT2D eigenvalue weighted by atomic mass is 10.1. The maximum absolute atomic E-state index is 12.8. The van der Waals surface area contributed by atoms with E-state index in [1.54, 1.807) is 4.90 Å². The molecule has 3 aliphatic rings. The Hall–Kier alpha value is -1.93. The van der Waals surface area contributed by atoms with Crippen molar-refractivity contribution in [2.75, 3.05) is 13.1 Å². The number of nitrogens with one attached hydrogen (secondary N) is 2. The Labute approximate surface area is 194 Å². The zero-order valence-electron chi connectivity index (χ0n) is 18.9. The molecule has 8 heteroatoms. The number of nitrogens with zero attached hydrogens (tertiary/aromatic N) is 1. The van der Waals surface area contributed by atoms with Crippen molar-refractivity contribution in [1.82, 2.24) is 15.5 Å². The van der Waals surface area contributed by atoms with Crippen LogP contribution in [0.4, 0.5) is 0 Å². The largest absolute Gasteiger partial charge is 0.350 e. The zero-order valence-corrected chi connectivity index (χ0v) is 20.5. The van der Waals surface area contributed by atoms with Crippen molar-refractivity contribution in [1.29, 1.82) is 0 Å². The second-order valence-corrected chi connectivity index (χ2v) is 8.24. The van der Waals surface area contributed by atoms with Crippen LogP contribution in [-0.2, 0) is 14.4 Å². The molecule has 2 fully saturated rings. The Balaban J connectivity index is 0.000000884. The first-order chi connectivity index (χ1) is 15.0. The van der Waals surface area contributed by atoms with Gasteiger partial charge in [0.2, 0.25) is 18.2 Å². The van der Waals surface area contributed by atoms with Crippen LogP contribution < -0.4 is 16.4 Å². The Morgan fingerprint density at radius 3 is 2.61 bits per heavy atom. The van der Waals surface area contributed by atoms with Crippen molar-refractivity contribution in [3.8, 4) is 0 Å². The SMILES string of the molecule is CC.CCN.O=CN[C@H]1CCCC2CCC(C(=O)NCC3=CCC=C(Br)C=C3)N2C1=O. The van der Waals surface area contributed by atoms with E-state index >= 15 is 0 Å². The van der Waals surface area contributed by atoms with Crippen LogP contribution in [0.5, 0.6) is 0 Å². The normalized spacial score (nSPS) is 24.6. The molecule has 7 nitrogen and oxygen atoms in total. The molecule has 31 heavy (non-hydrogen) atoms.